The Labute approximate surface area is 101 Å². The summed E-state index contributed by atoms with van der Waals surface area (Å²) in [6, 6.07) is 17.2. The van der Waals surface area contributed by atoms with Crippen molar-refractivity contribution in [1.29, 1.82) is 0 Å². The first-order chi connectivity index (χ1) is 8.18. The average molecular weight is 227 g/mol. The van der Waals surface area contributed by atoms with E-state index < -0.39 is 6.10 Å². The van der Waals surface area contributed by atoms with Gasteiger partial charge in [0.2, 0.25) is 0 Å². The van der Waals surface area contributed by atoms with Gasteiger partial charge in [0.25, 0.3) is 0 Å². The molecule has 2 N–H and O–H groups in total. The molecule has 2 rings (SSSR count). The van der Waals surface area contributed by atoms with Gasteiger partial charge in [-0.2, -0.15) is 0 Å². The van der Waals surface area contributed by atoms with Crippen molar-refractivity contribution in [3.63, 3.8) is 0 Å². The lowest BCUT2D eigenvalue weighted by atomic mass is 9.91. The van der Waals surface area contributed by atoms with Gasteiger partial charge in [-0.3, -0.25) is 0 Å². The molecule has 2 nitrogen and oxygen atoms in total. The van der Waals surface area contributed by atoms with E-state index in [9.17, 15) is 10.2 Å². The van der Waals surface area contributed by atoms with Gasteiger partial charge in [-0.1, -0.05) is 43.3 Å². The minimum absolute atomic E-state index is 0.00847. The molecule has 2 aromatic carbocycles. The van der Waals surface area contributed by atoms with Crippen LogP contribution >= 0.6 is 0 Å². The number of hydrogen-bond donors (Lipinski definition) is 2. The summed E-state index contributed by atoms with van der Waals surface area (Å²) >= 11 is 0. The van der Waals surface area contributed by atoms with Gasteiger partial charge in [-0.25, -0.2) is 0 Å². The number of aromatic hydroxyl groups is 1. The Morgan fingerprint density at radius 3 is 2.12 bits per heavy atom. The van der Waals surface area contributed by atoms with Crippen LogP contribution in [0, 0.1) is 6.07 Å². The maximum absolute atomic E-state index is 10.2. The summed E-state index contributed by atoms with van der Waals surface area (Å²) in [5.41, 5.74) is 1.88. The van der Waals surface area contributed by atoms with E-state index in [0.717, 1.165) is 11.1 Å². The minimum atomic E-state index is -0.571. The largest absolute Gasteiger partial charge is 0.508 e. The molecule has 2 aromatic rings. The second-order valence-electron chi connectivity index (χ2n) is 4.16. The van der Waals surface area contributed by atoms with Gasteiger partial charge in [-0.15, -0.1) is 0 Å². The van der Waals surface area contributed by atoms with E-state index in [1.54, 1.807) is 24.3 Å². The van der Waals surface area contributed by atoms with Crippen molar-refractivity contribution in [3.05, 3.63) is 65.7 Å². The topological polar surface area (TPSA) is 40.5 Å². The number of benzene rings is 2. The molecule has 0 fully saturated rings. The van der Waals surface area contributed by atoms with Crippen molar-refractivity contribution in [3.8, 4) is 5.75 Å². The van der Waals surface area contributed by atoms with Crippen LogP contribution in [0.5, 0.6) is 5.75 Å². The minimum Gasteiger partial charge on any atom is -0.508 e. The van der Waals surface area contributed by atoms with Crippen LogP contribution in [0.25, 0.3) is 0 Å². The van der Waals surface area contributed by atoms with Crippen LogP contribution in [0.4, 0.5) is 0 Å². The van der Waals surface area contributed by atoms with Crippen LogP contribution in [0.2, 0.25) is 0 Å². The van der Waals surface area contributed by atoms with Gasteiger partial charge in [0.1, 0.15) is 5.75 Å². The summed E-state index contributed by atoms with van der Waals surface area (Å²) in [5, 5.41) is 19.4. The molecule has 0 aromatic heterocycles. The van der Waals surface area contributed by atoms with Crippen molar-refractivity contribution in [2.24, 2.45) is 0 Å². The van der Waals surface area contributed by atoms with Crippen LogP contribution in [0.1, 0.15) is 30.1 Å². The van der Waals surface area contributed by atoms with Gasteiger partial charge < -0.3 is 10.2 Å². The van der Waals surface area contributed by atoms with Crippen molar-refractivity contribution in [1.82, 2.24) is 0 Å². The van der Waals surface area contributed by atoms with E-state index >= 15 is 0 Å². The molecule has 87 valence electrons. The Balaban J connectivity index is 2.20. The van der Waals surface area contributed by atoms with Crippen molar-refractivity contribution >= 4 is 0 Å². The Morgan fingerprint density at radius 1 is 0.941 bits per heavy atom. The number of rotatable bonds is 3. The second-order valence-corrected chi connectivity index (χ2v) is 4.16. The molecule has 0 aliphatic heterocycles. The molecule has 0 saturated heterocycles. The molecule has 1 radical (unpaired) electrons. The Kier molecular flexibility index (Phi) is 3.45. The molecule has 0 aliphatic rings. The third-order valence-electron chi connectivity index (χ3n) is 2.98. The van der Waals surface area contributed by atoms with Gasteiger partial charge in [0, 0.05) is 5.92 Å². The fraction of sp³-hybridized carbons (Fsp3) is 0.200. The summed E-state index contributed by atoms with van der Waals surface area (Å²) < 4.78 is 0. The zero-order valence-corrected chi connectivity index (χ0v) is 9.67. The van der Waals surface area contributed by atoms with Crippen LogP contribution in [-0.4, -0.2) is 10.2 Å². The van der Waals surface area contributed by atoms with Crippen LogP contribution in [0.15, 0.2) is 48.5 Å². The molecule has 2 unspecified atom stereocenters. The lowest BCUT2D eigenvalue weighted by Gasteiger charge is -2.19. The average Bonchev–Trinajstić information content (AvgIpc) is 2.39. The number of aliphatic hydroxyl groups is 1. The standard InChI is InChI=1S/C15H15O2/c1-11(12-5-3-2-4-6-12)15(17)13-7-9-14(16)10-8-13/h3-11,15-17H,1H3. The van der Waals surface area contributed by atoms with Gasteiger partial charge in [-0.05, 0) is 29.3 Å². The van der Waals surface area contributed by atoms with Gasteiger partial charge >= 0.3 is 0 Å². The first-order valence-electron chi connectivity index (χ1n) is 5.61. The summed E-state index contributed by atoms with van der Waals surface area (Å²) in [4.78, 5) is 0. The van der Waals surface area contributed by atoms with E-state index in [2.05, 4.69) is 6.07 Å². The van der Waals surface area contributed by atoms with E-state index in [1.807, 2.05) is 31.2 Å². The normalized spacial score (nSPS) is 14.2. The number of phenols is 1. The zero-order valence-electron chi connectivity index (χ0n) is 9.67. The van der Waals surface area contributed by atoms with E-state index in [4.69, 9.17) is 0 Å². The highest BCUT2D eigenvalue weighted by Crippen LogP contribution is 2.30. The smallest absolute Gasteiger partial charge is 0.115 e. The first-order valence-corrected chi connectivity index (χ1v) is 5.61. The summed E-state index contributed by atoms with van der Waals surface area (Å²) in [5.74, 6) is 0.219. The summed E-state index contributed by atoms with van der Waals surface area (Å²) in [6.07, 6.45) is -0.571. The third-order valence-corrected chi connectivity index (χ3v) is 2.98. The number of phenolic OH excluding ortho intramolecular Hbond substituents is 1. The molecule has 0 heterocycles. The molecule has 0 aliphatic carbocycles. The predicted octanol–water partition coefficient (Wildman–Crippen LogP) is 3.03. The van der Waals surface area contributed by atoms with Gasteiger partial charge in [0.05, 0.1) is 6.10 Å². The maximum atomic E-state index is 10.2. The Morgan fingerprint density at radius 2 is 1.53 bits per heavy atom. The second kappa shape index (κ2) is 5.02. The SMILES string of the molecule is CC(c1cc[c]cc1)C(O)c1ccc(O)cc1. The molecule has 0 bridgehead atoms. The highest BCUT2D eigenvalue weighted by Gasteiger charge is 2.17. The quantitative estimate of drug-likeness (QED) is 0.846. The monoisotopic (exact) mass is 227 g/mol. The van der Waals surface area contributed by atoms with Crippen molar-refractivity contribution in [2.45, 2.75) is 18.9 Å². The lowest BCUT2D eigenvalue weighted by molar-refractivity contribution is 0.151. The maximum Gasteiger partial charge on any atom is 0.115 e. The zero-order chi connectivity index (χ0) is 12.3. The van der Waals surface area contributed by atoms with Crippen molar-refractivity contribution in [2.75, 3.05) is 0 Å². The van der Waals surface area contributed by atoms with Gasteiger partial charge in [0.15, 0.2) is 0 Å². The third kappa shape index (κ3) is 2.66. The molecule has 0 spiro atoms. The number of aliphatic hydroxyl groups excluding tert-OH is 1. The highest BCUT2D eigenvalue weighted by atomic mass is 16.3. The van der Waals surface area contributed by atoms with Crippen LogP contribution < -0.4 is 0 Å². The van der Waals surface area contributed by atoms with Crippen LogP contribution in [0.3, 0.4) is 0 Å². The highest BCUT2D eigenvalue weighted by molar-refractivity contribution is 5.30. The lowest BCUT2D eigenvalue weighted by Crippen LogP contribution is -2.07. The molecule has 0 amide bonds. The fourth-order valence-electron chi connectivity index (χ4n) is 1.85. The molecular weight excluding hydrogens is 212 g/mol. The first kappa shape index (κ1) is 11.7. The van der Waals surface area contributed by atoms with E-state index in [-0.39, 0.29) is 11.7 Å². The predicted molar refractivity (Wildman–Crippen MR) is 66.8 cm³/mol. The molecule has 17 heavy (non-hydrogen) atoms. The summed E-state index contributed by atoms with van der Waals surface area (Å²) in [6.45, 7) is 1.98. The summed E-state index contributed by atoms with van der Waals surface area (Å²) in [7, 11) is 0. The van der Waals surface area contributed by atoms with Crippen LogP contribution in [-0.2, 0) is 0 Å². The molecule has 2 heteroatoms. The number of hydrogen-bond acceptors (Lipinski definition) is 2. The van der Waals surface area contributed by atoms with Crippen molar-refractivity contribution < 1.29 is 10.2 Å². The van der Waals surface area contributed by atoms with E-state index in [0.29, 0.717) is 0 Å². The molecule has 2 atom stereocenters. The Bertz CT molecular complexity index is 462. The molecule has 0 saturated carbocycles. The fourth-order valence-corrected chi connectivity index (χ4v) is 1.85. The molecular formula is C15H15O2. The Hall–Kier alpha value is -1.80. The van der Waals surface area contributed by atoms with E-state index in [1.165, 1.54) is 0 Å².